The van der Waals surface area contributed by atoms with Crippen molar-refractivity contribution in [2.45, 2.75) is 45.1 Å². The average molecular weight is 301 g/mol. The lowest BCUT2D eigenvalue weighted by atomic mass is 9.88. The van der Waals surface area contributed by atoms with Crippen molar-refractivity contribution in [3.05, 3.63) is 35.7 Å². The molecule has 3 heteroatoms. The molecule has 0 bridgehead atoms. The molecule has 1 fully saturated rings. The Hall–Kier alpha value is -1.19. The second-order valence-electron chi connectivity index (χ2n) is 7.62. The van der Waals surface area contributed by atoms with Crippen molar-refractivity contribution in [2.75, 3.05) is 33.7 Å². The highest BCUT2D eigenvalue weighted by Crippen LogP contribution is 2.21. The molecule has 0 aliphatic carbocycles. The van der Waals surface area contributed by atoms with E-state index in [1.807, 2.05) is 6.20 Å². The number of hydrogen-bond donors (Lipinski definition) is 0. The van der Waals surface area contributed by atoms with E-state index < -0.39 is 0 Å². The Morgan fingerprint density at radius 1 is 1.23 bits per heavy atom. The van der Waals surface area contributed by atoms with Crippen molar-refractivity contribution in [3.8, 4) is 0 Å². The van der Waals surface area contributed by atoms with Crippen molar-refractivity contribution in [2.24, 2.45) is 0 Å². The molecule has 0 amide bonds. The predicted octanol–water partition coefficient (Wildman–Crippen LogP) is 3.42. The van der Waals surface area contributed by atoms with E-state index in [9.17, 15) is 0 Å². The number of piperidine rings is 1. The van der Waals surface area contributed by atoms with Crippen LogP contribution in [-0.2, 0) is 5.41 Å². The fourth-order valence-corrected chi connectivity index (χ4v) is 2.89. The van der Waals surface area contributed by atoms with E-state index in [-0.39, 0.29) is 5.41 Å². The Morgan fingerprint density at radius 3 is 2.41 bits per heavy atom. The highest BCUT2D eigenvalue weighted by molar-refractivity contribution is 5.45. The summed E-state index contributed by atoms with van der Waals surface area (Å²) in [6, 6.07) is 5.07. The van der Waals surface area contributed by atoms with Crippen LogP contribution in [0.1, 0.15) is 44.9 Å². The minimum Gasteiger partial charge on any atom is -0.306 e. The second-order valence-corrected chi connectivity index (χ2v) is 7.62. The molecule has 1 aromatic heterocycles. The average Bonchev–Trinajstić information content (AvgIpc) is 2.47. The highest BCUT2D eigenvalue weighted by atomic mass is 15.2. The van der Waals surface area contributed by atoms with Crippen LogP contribution >= 0.6 is 0 Å². The van der Waals surface area contributed by atoms with E-state index in [1.54, 1.807) is 0 Å². The topological polar surface area (TPSA) is 19.4 Å². The molecule has 22 heavy (non-hydrogen) atoms. The quantitative estimate of drug-likeness (QED) is 0.849. The lowest BCUT2D eigenvalue weighted by molar-refractivity contribution is 0.155. The van der Waals surface area contributed by atoms with Crippen LogP contribution in [0.25, 0.3) is 6.08 Å². The van der Waals surface area contributed by atoms with E-state index in [4.69, 9.17) is 0 Å². The minimum atomic E-state index is 0.173. The summed E-state index contributed by atoms with van der Waals surface area (Å²) in [6.07, 6.45) is 8.94. The van der Waals surface area contributed by atoms with Gasteiger partial charge in [-0.3, -0.25) is 9.88 Å². The first-order valence-electron chi connectivity index (χ1n) is 8.38. The van der Waals surface area contributed by atoms with E-state index in [0.29, 0.717) is 0 Å². The summed E-state index contributed by atoms with van der Waals surface area (Å²) >= 11 is 0. The number of nitrogens with zero attached hydrogens (tertiary/aromatic N) is 3. The van der Waals surface area contributed by atoms with Crippen LogP contribution < -0.4 is 0 Å². The summed E-state index contributed by atoms with van der Waals surface area (Å²) in [6.45, 7) is 10.1. The van der Waals surface area contributed by atoms with Gasteiger partial charge >= 0.3 is 0 Å². The first kappa shape index (κ1) is 17.2. The summed E-state index contributed by atoms with van der Waals surface area (Å²) in [5, 5.41) is 0. The molecule has 122 valence electrons. The zero-order valence-corrected chi connectivity index (χ0v) is 14.8. The van der Waals surface area contributed by atoms with Crippen LogP contribution in [-0.4, -0.2) is 54.6 Å². The molecule has 2 heterocycles. The van der Waals surface area contributed by atoms with Gasteiger partial charge < -0.3 is 4.90 Å². The molecule has 1 aliphatic rings. The number of aromatic nitrogens is 1. The third kappa shape index (κ3) is 4.92. The van der Waals surface area contributed by atoms with Gasteiger partial charge in [0.05, 0.1) is 5.69 Å². The summed E-state index contributed by atoms with van der Waals surface area (Å²) in [4.78, 5) is 9.43. The van der Waals surface area contributed by atoms with Crippen molar-refractivity contribution in [1.82, 2.24) is 14.8 Å². The van der Waals surface area contributed by atoms with Gasteiger partial charge in [-0.1, -0.05) is 32.9 Å². The number of rotatable bonds is 4. The van der Waals surface area contributed by atoms with Gasteiger partial charge in [0.15, 0.2) is 0 Å². The number of likely N-dealkylation sites (tertiary alicyclic amines) is 1. The highest BCUT2D eigenvalue weighted by Gasteiger charge is 2.19. The van der Waals surface area contributed by atoms with Crippen molar-refractivity contribution < 1.29 is 0 Å². The van der Waals surface area contributed by atoms with Crippen molar-refractivity contribution in [3.63, 3.8) is 0 Å². The van der Waals surface area contributed by atoms with Gasteiger partial charge in [-0.05, 0) is 63.1 Å². The molecule has 0 saturated carbocycles. The van der Waals surface area contributed by atoms with Gasteiger partial charge in [0.2, 0.25) is 0 Å². The summed E-state index contributed by atoms with van der Waals surface area (Å²) in [5.41, 5.74) is 2.51. The normalized spacial score (nSPS) is 18.5. The summed E-state index contributed by atoms with van der Waals surface area (Å²) in [5.74, 6) is 0. The van der Waals surface area contributed by atoms with E-state index >= 15 is 0 Å². The van der Waals surface area contributed by atoms with Gasteiger partial charge in [0, 0.05) is 18.8 Å². The number of hydrogen-bond acceptors (Lipinski definition) is 3. The third-order valence-electron chi connectivity index (χ3n) is 4.59. The monoisotopic (exact) mass is 301 g/mol. The van der Waals surface area contributed by atoms with Crippen molar-refractivity contribution in [1.29, 1.82) is 0 Å². The molecule has 2 rings (SSSR count). The first-order chi connectivity index (χ1) is 10.4. The maximum Gasteiger partial charge on any atom is 0.0627 e. The van der Waals surface area contributed by atoms with E-state index in [2.05, 4.69) is 73.9 Å². The summed E-state index contributed by atoms with van der Waals surface area (Å²) < 4.78 is 0. The first-order valence-corrected chi connectivity index (χ1v) is 8.38. The van der Waals surface area contributed by atoms with E-state index in [1.165, 1.54) is 31.5 Å². The molecule has 0 unspecified atom stereocenters. The van der Waals surface area contributed by atoms with Crippen LogP contribution in [0.15, 0.2) is 24.4 Å². The van der Waals surface area contributed by atoms with Gasteiger partial charge in [-0.15, -0.1) is 0 Å². The van der Waals surface area contributed by atoms with Gasteiger partial charge in [0.1, 0.15) is 0 Å². The van der Waals surface area contributed by atoms with E-state index in [0.717, 1.165) is 18.3 Å². The SMILES string of the molecule is CN(C)C1CCN(C/C=C/c2ccc(C(C)(C)C)cn2)CC1. The Bertz CT molecular complexity index is 474. The van der Waals surface area contributed by atoms with Crippen LogP contribution in [0.3, 0.4) is 0 Å². The lowest BCUT2D eigenvalue weighted by Crippen LogP contribution is -2.41. The molecule has 1 saturated heterocycles. The fourth-order valence-electron chi connectivity index (χ4n) is 2.89. The Labute approximate surface area is 136 Å². The Morgan fingerprint density at radius 2 is 1.91 bits per heavy atom. The van der Waals surface area contributed by atoms with Crippen LogP contribution in [0.2, 0.25) is 0 Å². The molecular weight excluding hydrogens is 270 g/mol. The smallest absolute Gasteiger partial charge is 0.0627 e. The fraction of sp³-hybridized carbons (Fsp3) is 0.632. The zero-order valence-electron chi connectivity index (χ0n) is 14.8. The van der Waals surface area contributed by atoms with Crippen molar-refractivity contribution >= 4 is 6.08 Å². The molecule has 0 N–H and O–H groups in total. The predicted molar refractivity (Wildman–Crippen MR) is 95.1 cm³/mol. The van der Waals surface area contributed by atoms with Gasteiger partial charge in [-0.2, -0.15) is 0 Å². The standard InChI is InChI=1S/C19H31N3/c1-19(2,3)16-8-9-17(20-15-16)7-6-12-22-13-10-18(11-14-22)21(4)5/h6-9,15,18H,10-14H2,1-5H3/b7-6+. The van der Waals surface area contributed by atoms with Gasteiger partial charge in [-0.25, -0.2) is 0 Å². The third-order valence-corrected chi connectivity index (χ3v) is 4.59. The molecule has 1 aliphatic heterocycles. The van der Waals surface area contributed by atoms with Crippen LogP contribution in [0.5, 0.6) is 0 Å². The summed E-state index contributed by atoms with van der Waals surface area (Å²) in [7, 11) is 4.38. The second kappa shape index (κ2) is 7.38. The Kier molecular flexibility index (Phi) is 5.76. The maximum atomic E-state index is 4.55. The lowest BCUT2D eigenvalue weighted by Gasteiger charge is -2.34. The molecule has 0 aromatic carbocycles. The van der Waals surface area contributed by atoms with Crippen LogP contribution in [0, 0.1) is 0 Å². The number of pyridine rings is 1. The maximum absolute atomic E-state index is 4.55. The Balaban J connectivity index is 1.81. The largest absolute Gasteiger partial charge is 0.306 e. The molecular formula is C19H31N3. The molecule has 0 radical (unpaired) electrons. The molecule has 1 aromatic rings. The molecule has 0 atom stereocenters. The zero-order chi connectivity index (χ0) is 16.2. The molecule has 0 spiro atoms. The minimum absolute atomic E-state index is 0.173. The van der Waals surface area contributed by atoms with Gasteiger partial charge in [0.25, 0.3) is 0 Å². The van der Waals surface area contributed by atoms with Crippen LogP contribution in [0.4, 0.5) is 0 Å². The molecule has 3 nitrogen and oxygen atoms in total.